The molecule has 2 aromatic rings. The molecule has 0 amide bonds. The van der Waals surface area contributed by atoms with Gasteiger partial charge in [0.1, 0.15) is 21.2 Å². The van der Waals surface area contributed by atoms with Crippen LogP contribution in [0.25, 0.3) is 10.8 Å². The van der Waals surface area contributed by atoms with Crippen molar-refractivity contribution in [1.29, 1.82) is 0 Å². The Morgan fingerprint density at radius 1 is 0.919 bits per heavy atom. The monoisotopic (exact) mass is 547 g/mol. The molecule has 0 unspecified atom stereocenters. The van der Waals surface area contributed by atoms with E-state index in [-0.39, 0.29) is 16.5 Å². The maximum absolute atomic E-state index is 12.1. The zero-order valence-electron chi connectivity index (χ0n) is 20.1. The van der Waals surface area contributed by atoms with E-state index in [0.717, 1.165) is 12.1 Å². The summed E-state index contributed by atoms with van der Waals surface area (Å²) < 4.78 is 67.9. The van der Waals surface area contributed by atoms with Gasteiger partial charge in [-0.25, -0.2) is 0 Å². The second kappa shape index (κ2) is 11.8. The molecule has 0 aliphatic heterocycles. The van der Waals surface area contributed by atoms with Crippen LogP contribution in [0.3, 0.4) is 0 Å². The lowest BCUT2D eigenvalue weighted by molar-refractivity contribution is 0.472. The Balaban J connectivity index is 3.03. The molecule has 5 N–H and O–H groups in total. The zero-order chi connectivity index (χ0) is 28.0. The minimum Gasteiger partial charge on any atom is -0.505 e. The molecular formula is C23H25N5O7S2. The van der Waals surface area contributed by atoms with Crippen LogP contribution in [-0.4, -0.2) is 31.0 Å². The van der Waals surface area contributed by atoms with Gasteiger partial charge in [-0.2, -0.15) is 27.1 Å². The molecule has 0 aromatic heterocycles. The van der Waals surface area contributed by atoms with Crippen molar-refractivity contribution in [3.63, 3.8) is 0 Å². The summed E-state index contributed by atoms with van der Waals surface area (Å²) in [6, 6.07) is 1.65. The fourth-order valence-electron chi connectivity index (χ4n) is 2.95. The number of azo groups is 2. The van der Waals surface area contributed by atoms with Gasteiger partial charge in [0.2, 0.25) is 0 Å². The number of fused-ring (bicyclic) bond motifs is 1. The first-order chi connectivity index (χ1) is 17.3. The van der Waals surface area contributed by atoms with Crippen molar-refractivity contribution < 1.29 is 31.0 Å². The molecule has 37 heavy (non-hydrogen) atoms. The molecule has 2 aromatic carbocycles. The third kappa shape index (κ3) is 7.04. The molecule has 0 saturated heterocycles. The average molecular weight is 548 g/mol. The third-order valence-electron chi connectivity index (χ3n) is 4.64. The van der Waals surface area contributed by atoms with Crippen LogP contribution in [0.4, 0.5) is 17.1 Å². The van der Waals surface area contributed by atoms with Gasteiger partial charge in [0.25, 0.3) is 20.2 Å². The van der Waals surface area contributed by atoms with Gasteiger partial charge in [0.05, 0.1) is 22.5 Å². The summed E-state index contributed by atoms with van der Waals surface area (Å²) in [5.74, 6) is -0.836. The minimum atomic E-state index is -4.98. The molecule has 0 aliphatic carbocycles. The highest BCUT2D eigenvalue weighted by atomic mass is 32.2. The average Bonchev–Trinajstić information content (AvgIpc) is 2.81. The van der Waals surface area contributed by atoms with Gasteiger partial charge in [0, 0.05) is 0 Å². The first-order valence-electron chi connectivity index (χ1n) is 10.4. The Bertz CT molecular complexity index is 1630. The van der Waals surface area contributed by atoms with E-state index < -0.39 is 52.8 Å². The van der Waals surface area contributed by atoms with Gasteiger partial charge in [-0.3, -0.25) is 9.11 Å². The topological polar surface area (TPSA) is 204 Å². The summed E-state index contributed by atoms with van der Waals surface area (Å²) in [6.45, 7) is 8.64. The van der Waals surface area contributed by atoms with Crippen molar-refractivity contribution >= 4 is 48.1 Å². The first-order valence-corrected chi connectivity index (χ1v) is 13.3. The molecule has 0 fully saturated rings. The summed E-state index contributed by atoms with van der Waals surface area (Å²) in [5, 5.41) is 25.7. The number of benzene rings is 2. The van der Waals surface area contributed by atoms with Crippen molar-refractivity contribution in [3.8, 4) is 5.75 Å². The molecule has 0 aliphatic rings. The van der Waals surface area contributed by atoms with Crippen molar-refractivity contribution in [1.82, 2.24) is 0 Å². The largest absolute Gasteiger partial charge is 0.505 e. The summed E-state index contributed by atoms with van der Waals surface area (Å²) >= 11 is 0. The van der Waals surface area contributed by atoms with Crippen molar-refractivity contribution in [2.45, 2.75) is 30.6 Å². The lowest BCUT2D eigenvalue weighted by atomic mass is 10.1. The molecule has 0 heterocycles. The van der Waals surface area contributed by atoms with Crippen molar-refractivity contribution in [2.24, 2.45) is 20.5 Å². The SMILES string of the molecule is C=CC(=C\C=C/C)/N=N/c1c(S(=O)(=O)O)cc2cc(S(=O)(=O)O)c(/N=N/C(C)=C/C=C\C)c(O)c2c1N. The highest BCUT2D eigenvalue weighted by Gasteiger charge is 2.27. The van der Waals surface area contributed by atoms with Crippen LogP contribution in [0.15, 0.2) is 103 Å². The standard InChI is InChI=1S/C23H25N5O7S2/c1-5-8-10-14(4)25-28-22-18(37(33,34)35)13-15-12-17(36(30,31)32)21(20(24)19(15)23(22)29)27-26-16(7-3)11-9-6-2/h5-13,29H,3,24H2,1-2,4H3,(H,30,31,32)(H,33,34,35)/b8-5-,9-6-,14-10+,16-11+,27-26+,28-25+. The molecule has 2 rings (SSSR count). The van der Waals surface area contributed by atoms with Crippen LogP contribution in [0, 0.1) is 0 Å². The quantitative estimate of drug-likeness (QED) is 0.128. The van der Waals surface area contributed by atoms with E-state index >= 15 is 0 Å². The minimum absolute atomic E-state index is 0.211. The number of phenols is 1. The van der Waals surface area contributed by atoms with E-state index in [9.17, 15) is 31.0 Å². The molecule has 0 spiro atoms. The number of aromatic hydroxyl groups is 1. The number of rotatable bonds is 9. The Hall–Kier alpha value is -3.98. The number of allylic oxidation sites excluding steroid dienone is 8. The highest BCUT2D eigenvalue weighted by Crippen LogP contribution is 2.48. The number of nitrogens with zero attached hydrogens (tertiary/aromatic N) is 4. The normalized spacial score (nSPS) is 14.2. The van der Waals surface area contributed by atoms with Crippen molar-refractivity contribution in [2.75, 3.05) is 5.73 Å². The van der Waals surface area contributed by atoms with Crippen LogP contribution in [0.2, 0.25) is 0 Å². The highest BCUT2D eigenvalue weighted by molar-refractivity contribution is 7.86. The second-order valence-electron chi connectivity index (χ2n) is 7.31. The molecule has 12 nitrogen and oxygen atoms in total. The molecule has 0 bridgehead atoms. The van der Waals surface area contributed by atoms with Crippen LogP contribution in [-0.2, 0) is 20.2 Å². The zero-order valence-corrected chi connectivity index (χ0v) is 21.7. The van der Waals surface area contributed by atoms with E-state index in [1.165, 1.54) is 12.2 Å². The fraction of sp³-hybridized carbons (Fsp3) is 0.130. The van der Waals surface area contributed by atoms with Crippen LogP contribution in [0.5, 0.6) is 5.75 Å². The van der Waals surface area contributed by atoms with Gasteiger partial charge in [-0.15, -0.1) is 10.2 Å². The molecule has 196 valence electrons. The summed E-state index contributed by atoms with van der Waals surface area (Å²) in [6.07, 6.45) is 11.1. The number of anilines is 1. The molecule has 0 saturated carbocycles. The third-order valence-corrected chi connectivity index (χ3v) is 6.38. The number of nitrogen functional groups attached to an aromatic ring is 1. The van der Waals surface area contributed by atoms with E-state index in [0.29, 0.717) is 5.70 Å². The van der Waals surface area contributed by atoms with Crippen LogP contribution < -0.4 is 5.73 Å². The molecule has 14 heteroatoms. The molecule has 0 atom stereocenters. The van der Waals surface area contributed by atoms with Crippen molar-refractivity contribution in [3.05, 3.63) is 72.6 Å². The van der Waals surface area contributed by atoms with Gasteiger partial charge in [-0.1, -0.05) is 30.9 Å². The summed E-state index contributed by atoms with van der Waals surface area (Å²) in [7, 11) is -9.95. The molecular weight excluding hydrogens is 522 g/mol. The Morgan fingerprint density at radius 3 is 1.95 bits per heavy atom. The van der Waals surface area contributed by atoms with Gasteiger partial charge < -0.3 is 10.8 Å². The number of hydrogen-bond acceptors (Lipinski definition) is 10. The number of nitrogens with two attached hydrogens (primary N) is 1. The van der Waals surface area contributed by atoms with Crippen LogP contribution >= 0.6 is 0 Å². The Kier molecular flexibility index (Phi) is 9.36. The smallest absolute Gasteiger partial charge is 0.296 e. The lowest BCUT2D eigenvalue weighted by Crippen LogP contribution is -2.03. The van der Waals surface area contributed by atoms with E-state index in [1.807, 2.05) is 0 Å². The van der Waals surface area contributed by atoms with Gasteiger partial charge >= 0.3 is 0 Å². The predicted molar refractivity (Wildman–Crippen MR) is 140 cm³/mol. The van der Waals surface area contributed by atoms with E-state index in [1.54, 1.807) is 51.2 Å². The predicted octanol–water partition coefficient (Wildman–Crippen LogP) is 5.91. The van der Waals surface area contributed by atoms with E-state index in [4.69, 9.17) is 5.73 Å². The number of hydrogen-bond donors (Lipinski definition) is 4. The van der Waals surface area contributed by atoms with Gasteiger partial charge in [-0.05, 0) is 56.5 Å². The maximum atomic E-state index is 12.1. The number of phenolic OH excluding ortho intramolecular Hbond substituents is 1. The maximum Gasteiger partial charge on any atom is 0.296 e. The Morgan fingerprint density at radius 2 is 1.43 bits per heavy atom. The summed E-state index contributed by atoms with van der Waals surface area (Å²) in [4.78, 5) is -1.70. The van der Waals surface area contributed by atoms with Gasteiger partial charge in [0.15, 0.2) is 5.75 Å². The second-order valence-corrected chi connectivity index (χ2v) is 10.1. The Labute approximate surface area is 214 Å². The fourth-order valence-corrected chi connectivity index (χ4v) is 4.28. The first kappa shape index (κ1) is 29.3. The molecule has 0 radical (unpaired) electrons. The summed E-state index contributed by atoms with van der Waals surface area (Å²) in [5.41, 5.74) is 5.01. The van der Waals surface area contributed by atoms with E-state index in [2.05, 4.69) is 27.0 Å². The lowest BCUT2D eigenvalue weighted by Gasteiger charge is -2.14. The van der Waals surface area contributed by atoms with Crippen LogP contribution in [0.1, 0.15) is 20.8 Å².